The summed E-state index contributed by atoms with van der Waals surface area (Å²) in [5.74, 6) is 0.307. The monoisotopic (exact) mass is 385 g/mol. The molecule has 0 aliphatic carbocycles. The van der Waals surface area contributed by atoms with Crippen LogP contribution in [-0.2, 0) is 13.2 Å². The number of fused-ring (bicyclic) bond motifs is 1. The lowest BCUT2D eigenvalue weighted by atomic mass is 10.2. The molecule has 3 aromatic rings. The first kappa shape index (κ1) is 18.0. The lowest BCUT2D eigenvalue weighted by molar-refractivity contribution is 0.290. The normalized spacial score (nSPS) is 12.8. The summed E-state index contributed by atoms with van der Waals surface area (Å²) in [6.45, 7) is 1.38. The number of anilines is 1. The average molecular weight is 385 g/mol. The Hall–Kier alpha value is -3.42. The van der Waals surface area contributed by atoms with E-state index in [1.54, 1.807) is 16.7 Å². The summed E-state index contributed by atoms with van der Waals surface area (Å²) in [5.41, 5.74) is 0.186. The first-order chi connectivity index (χ1) is 13.5. The zero-order valence-electron chi connectivity index (χ0n) is 15.1. The molecule has 0 spiro atoms. The van der Waals surface area contributed by atoms with Gasteiger partial charge in [-0.05, 0) is 42.0 Å². The summed E-state index contributed by atoms with van der Waals surface area (Å²) < 4.78 is 39.8. The van der Waals surface area contributed by atoms with Crippen molar-refractivity contribution in [2.75, 3.05) is 18.5 Å². The number of nitrogens with zero attached hydrogens (tertiary/aromatic N) is 3. The van der Waals surface area contributed by atoms with Gasteiger partial charge in [0.1, 0.15) is 24.0 Å². The number of likely N-dealkylation sites (N-methyl/N-ethyl adjacent to an activating group) is 1. The minimum atomic E-state index is -0.577. The third kappa shape index (κ3) is 3.66. The topological polar surface area (TPSA) is 56.6 Å². The molecular weight excluding hydrogens is 368 g/mol. The van der Waals surface area contributed by atoms with Crippen LogP contribution in [0.15, 0.2) is 53.3 Å². The number of halogens is 2. The summed E-state index contributed by atoms with van der Waals surface area (Å²) >= 11 is 0. The average Bonchev–Trinajstić information content (AvgIpc) is 3.05. The van der Waals surface area contributed by atoms with Crippen LogP contribution in [0.1, 0.15) is 5.56 Å². The Kier molecular flexibility index (Phi) is 4.68. The maximum Gasteiger partial charge on any atom is 0.352 e. The van der Waals surface area contributed by atoms with Gasteiger partial charge >= 0.3 is 5.69 Å². The summed E-state index contributed by atoms with van der Waals surface area (Å²) in [6.07, 6.45) is 0. The lowest BCUT2D eigenvalue weighted by Crippen LogP contribution is -2.22. The van der Waals surface area contributed by atoms with Gasteiger partial charge in [-0.3, -0.25) is 4.57 Å². The Morgan fingerprint density at radius 3 is 2.61 bits per heavy atom. The van der Waals surface area contributed by atoms with Crippen LogP contribution in [-0.4, -0.2) is 23.1 Å². The Morgan fingerprint density at radius 2 is 1.86 bits per heavy atom. The Labute approximate surface area is 159 Å². The molecule has 2 aromatic carbocycles. The van der Waals surface area contributed by atoms with Gasteiger partial charge in [0, 0.05) is 26.2 Å². The molecule has 0 N–H and O–H groups in total. The maximum absolute atomic E-state index is 14.3. The fraction of sp³-hybridized carbons (Fsp3) is 0.200. The molecule has 1 aliphatic heterocycles. The van der Waals surface area contributed by atoms with Gasteiger partial charge in [-0.15, -0.1) is 0 Å². The highest BCUT2D eigenvalue weighted by Gasteiger charge is 2.19. The molecule has 0 radical (unpaired) electrons. The van der Waals surface area contributed by atoms with Gasteiger partial charge in [0.05, 0.1) is 0 Å². The molecule has 0 saturated carbocycles. The molecule has 4 rings (SSSR count). The molecule has 8 heteroatoms. The van der Waals surface area contributed by atoms with Crippen molar-refractivity contribution in [2.24, 2.45) is 0 Å². The highest BCUT2D eigenvalue weighted by atomic mass is 19.1. The molecule has 0 bridgehead atoms. The van der Waals surface area contributed by atoms with Crippen LogP contribution in [0.3, 0.4) is 0 Å². The first-order valence-corrected chi connectivity index (χ1v) is 8.67. The van der Waals surface area contributed by atoms with Gasteiger partial charge < -0.3 is 14.4 Å². The summed E-state index contributed by atoms with van der Waals surface area (Å²) in [6, 6.07) is 11.4. The number of hydrogen-bond acceptors (Lipinski definition) is 5. The zero-order chi connectivity index (χ0) is 19.7. The molecule has 1 aromatic heterocycles. The van der Waals surface area contributed by atoms with Crippen molar-refractivity contribution >= 4 is 5.82 Å². The highest BCUT2D eigenvalue weighted by Crippen LogP contribution is 2.26. The Bertz CT molecular complexity index is 1070. The van der Waals surface area contributed by atoms with Gasteiger partial charge in [0.15, 0.2) is 11.6 Å². The van der Waals surface area contributed by atoms with Gasteiger partial charge in [0.2, 0.25) is 5.88 Å². The number of ether oxygens (including phenoxy) is 2. The SMILES string of the molecule is CN1CCn2c1cc(OCc1ccc(Oc3ccc(F)cc3)c(F)c1)nc2=O. The van der Waals surface area contributed by atoms with E-state index in [0.29, 0.717) is 17.9 Å². The van der Waals surface area contributed by atoms with E-state index >= 15 is 0 Å². The largest absolute Gasteiger partial charge is 0.473 e. The predicted molar refractivity (Wildman–Crippen MR) is 99.0 cm³/mol. The second-order valence-corrected chi connectivity index (χ2v) is 6.42. The van der Waals surface area contributed by atoms with Gasteiger partial charge in [-0.2, -0.15) is 4.98 Å². The number of benzene rings is 2. The predicted octanol–water partition coefficient (Wildman–Crippen LogP) is 3.34. The van der Waals surface area contributed by atoms with Crippen molar-refractivity contribution in [1.82, 2.24) is 9.55 Å². The van der Waals surface area contributed by atoms with E-state index in [1.165, 1.54) is 36.4 Å². The van der Waals surface area contributed by atoms with Crippen LogP contribution in [0.5, 0.6) is 17.4 Å². The third-order valence-corrected chi connectivity index (χ3v) is 4.44. The molecule has 0 fully saturated rings. The third-order valence-electron chi connectivity index (χ3n) is 4.44. The molecule has 6 nitrogen and oxygen atoms in total. The molecule has 28 heavy (non-hydrogen) atoms. The van der Waals surface area contributed by atoms with Gasteiger partial charge in [0.25, 0.3) is 0 Å². The number of rotatable bonds is 5. The van der Waals surface area contributed by atoms with Crippen molar-refractivity contribution in [3.05, 3.63) is 76.2 Å². The minimum Gasteiger partial charge on any atom is -0.473 e. The first-order valence-electron chi connectivity index (χ1n) is 8.67. The molecule has 0 atom stereocenters. The molecule has 0 saturated heterocycles. The minimum absolute atomic E-state index is 0.0193. The van der Waals surface area contributed by atoms with Crippen molar-refractivity contribution in [2.45, 2.75) is 13.2 Å². The lowest BCUT2D eigenvalue weighted by Gasteiger charge is -2.12. The quantitative estimate of drug-likeness (QED) is 0.674. The van der Waals surface area contributed by atoms with Gasteiger partial charge in [-0.25, -0.2) is 13.6 Å². The summed E-state index contributed by atoms with van der Waals surface area (Å²) in [4.78, 5) is 17.9. The Morgan fingerprint density at radius 1 is 1.07 bits per heavy atom. The van der Waals surface area contributed by atoms with E-state index in [-0.39, 0.29) is 23.9 Å². The highest BCUT2D eigenvalue weighted by molar-refractivity contribution is 5.44. The van der Waals surface area contributed by atoms with E-state index in [9.17, 15) is 13.6 Å². The fourth-order valence-electron chi connectivity index (χ4n) is 2.94. The van der Waals surface area contributed by atoms with Crippen molar-refractivity contribution in [1.29, 1.82) is 0 Å². The van der Waals surface area contributed by atoms with E-state index < -0.39 is 11.6 Å². The van der Waals surface area contributed by atoms with Crippen molar-refractivity contribution in [3.8, 4) is 17.4 Å². The van der Waals surface area contributed by atoms with Crippen LogP contribution < -0.4 is 20.1 Å². The van der Waals surface area contributed by atoms with Crippen molar-refractivity contribution < 1.29 is 18.3 Å². The van der Waals surface area contributed by atoms with Gasteiger partial charge in [-0.1, -0.05) is 6.07 Å². The van der Waals surface area contributed by atoms with Crippen LogP contribution in [0.2, 0.25) is 0 Å². The summed E-state index contributed by atoms with van der Waals surface area (Å²) in [5, 5.41) is 0. The maximum atomic E-state index is 14.3. The fourth-order valence-corrected chi connectivity index (χ4v) is 2.94. The van der Waals surface area contributed by atoms with E-state index in [1.807, 2.05) is 11.9 Å². The molecule has 1 aliphatic rings. The second kappa shape index (κ2) is 7.30. The van der Waals surface area contributed by atoms with E-state index in [2.05, 4.69) is 4.98 Å². The van der Waals surface area contributed by atoms with Crippen LogP contribution in [0, 0.1) is 11.6 Å². The molecule has 144 valence electrons. The molecule has 0 unspecified atom stereocenters. The summed E-state index contributed by atoms with van der Waals surface area (Å²) in [7, 11) is 1.89. The zero-order valence-corrected chi connectivity index (χ0v) is 15.1. The van der Waals surface area contributed by atoms with Crippen LogP contribution >= 0.6 is 0 Å². The Balaban J connectivity index is 1.45. The molecule has 0 amide bonds. The smallest absolute Gasteiger partial charge is 0.352 e. The molecular formula is C20H17F2N3O3. The second-order valence-electron chi connectivity index (χ2n) is 6.42. The standard InChI is InChI=1S/C20H17F2N3O3/c1-24-8-9-25-19(24)11-18(23-20(25)26)27-12-13-2-7-17(16(22)10-13)28-15-5-3-14(21)4-6-15/h2-7,10-11H,8-9,12H2,1H3. The van der Waals surface area contributed by atoms with E-state index in [0.717, 1.165) is 12.4 Å². The molecule has 2 heterocycles. The van der Waals surface area contributed by atoms with Crippen molar-refractivity contribution in [3.63, 3.8) is 0 Å². The number of aromatic nitrogens is 2. The van der Waals surface area contributed by atoms with Crippen LogP contribution in [0.25, 0.3) is 0 Å². The van der Waals surface area contributed by atoms with Crippen LogP contribution in [0.4, 0.5) is 14.6 Å². The number of hydrogen-bond donors (Lipinski definition) is 0. The van der Waals surface area contributed by atoms with E-state index in [4.69, 9.17) is 9.47 Å².